The molecule has 1 aliphatic carbocycles. The smallest absolute Gasteiger partial charge is 0.306 e. The van der Waals surface area contributed by atoms with Crippen LogP contribution in [0.3, 0.4) is 0 Å². The molecule has 1 aromatic rings. The fourth-order valence-electron chi connectivity index (χ4n) is 1.43. The molecule has 0 spiro atoms. The number of aryl methyl sites for hydroxylation is 1. The number of rotatable bonds is 2. The topological polar surface area (TPSA) is 41.1 Å². The number of carbonyl (C=O) groups is 1. The van der Waals surface area contributed by atoms with Crippen LogP contribution in [0.25, 0.3) is 0 Å². The SMILES string of the molecule is Cc1cc(NC(=O)NS)c(C2CC2)s1. The Morgan fingerprint density at radius 3 is 2.93 bits per heavy atom. The highest BCUT2D eigenvalue weighted by molar-refractivity contribution is 7.78. The van der Waals surface area contributed by atoms with E-state index in [0.717, 1.165) is 5.69 Å². The second-order valence-corrected chi connectivity index (χ2v) is 4.99. The maximum Gasteiger partial charge on any atom is 0.329 e. The van der Waals surface area contributed by atoms with Gasteiger partial charge in [0.2, 0.25) is 0 Å². The van der Waals surface area contributed by atoms with Gasteiger partial charge >= 0.3 is 6.03 Å². The van der Waals surface area contributed by atoms with E-state index in [2.05, 4.69) is 29.8 Å². The summed E-state index contributed by atoms with van der Waals surface area (Å²) < 4.78 is 2.26. The molecule has 5 heteroatoms. The Morgan fingerprint density at radius 2 is 2.36 bits per heavy atom. The number of carbonyl (C=O) groups excluding carboxylic acids is 1. The summed E-state index contributed by atoms with van der Waals surface area (Å²) in [6, 6.07) is 1.74. The fourth-order valence-corrected chi connectivity index (χ4v) is 2.63. The molecule has 1 fully saturated rings. The summed E-state index contributed by atoms with van der Waals surface area (Å²) >= 11 is 5.47. The first-order chi connectivity index (χ1) is 6.70. The molecule has 1 aromatic heterocycles. The first-order valence-corrected chi connectivity index (χ1v) is 5.78. The molecule has 76 valence electrons. The average Bonchev–Trinajstić information content (AvgIpc) is 2.92. The van der Waals surface area contributed by atoms with Crippen LogP contribution in [0.15, 0.2) is 6.07 Å². The Morgan fingerprint density at radius 1 is 1.64 bits per heavy atom. The number of urea groups is 1. The minimum Gasteiger partial charge on any atom is -0.306 e. The van der Waals surface area contributed by atoms with Gasteiger partial charge in [-0.3, -0.25) is 4.72 Å². The highest BCUT2D eigenvalue weighted by Gasteiger charge is 2.28. The predicted molar refractivity (Wildman–Crippen MR) is 62.2 cm³/mol. The number of hydrogen-bond donors (Lipinski definition) is 3. The van der Waals surface area contributed by atoms with Gasteiger partial charge in [0, 0.05) is 9.75 Å². The summed E-state index contributed by atoms with van der Waals surface area (Å²) in [4.78, 5) is 13.6. The van der Waals surface area contributed by atoms with Gasteiger partial charge in [-0.05, 0) is 31.7 Å². The van der Waals surface area contributed by atoms with Crippen LogP contribution >= 0.6 is 24.2 Å². The number of amides is 2. The van der Waals surface area contributed by atoms with Crippen LogP contribution in [0, 0.1) is 6.92 Å². The van der Waals surface area contributed by atoms with Gasteiger partial charge in [0.1, 0.15) is 0 Å². The van der Waals surface area contributed by atoms with E-state index in [1.807, 2.05) is 6.07 Å². The summed E-state index contributed by atoms with van der Waals surface area (Å²) in [6.45, 7) is 2.06. The Hall–Kier alpha value is -0.680. The van der Waals surface area contributed by atoms with Crippen LogP contribution in [-0.4, -0.2) is 6.03 Å². The molecule has 1 aliphatic rings. The molecule has 0 radical (unpaired) electrons. The summed E-state index contributed by atoms with van der Waals surface area (Å²) in [5.41, 5.74) is 0.946. The standard InChI is InChI=1S/C9H12N2OS2/c1-5-4-7(10-9(12)11-13)8(14-5)6-2-3-6/h4,6,13H,2-3H2,1H3,(H2,10,11,12). The first kappa shape index (κ1) is 9.86. The van der Waals surface area contributed by atoms with E-state index in [4.69, 9.17) is 0 Å². The third-order valence-electron chi connectivity index (χ3n) is 2.18. The van der Waals surface area contributed by atoms with E-state index in [1.54, 1.807) is 11.3 Å². The fraction of sp³-hybridized carbons (Fsp3) is 0.444. The van der Waals surface area contributed by atoms with Crippen molar-refractivity contribution < 1.29 is 4.79 Å². The number of thiol groups is 1. The lowest BCUT2D eigenvalue weighted by atomic mass is 10.3. The van der Waals surface area contributed by atoms with Crippen LogP contribution in [0.1, 0.15) is 28.5 Å². The maximum atomic E-state index is 11.1. The van der Waals surface area contributed by atoms with E-state index in [-0.39, 0.29) is 6.03 Å². The summed E-state index contributed by atoms with van der Waals surface area (Å²) in [5.74, 6) is 0.670. The molecule has 3 nitrogen and oxygen atoms in total. The Kier molecular flexibility index (Phi) is 2.69. The van der Waals surface area contributed by atoms with Gasteiger partial charge in [0.05, 0.1) is 5.69 Å². The molecule has 0 bridgehead atoms. The highest BCUT2D eigenvalue weighted by atomic mass is 32.1. The molecular weight excluding hydrogens is 216 g/mol. The summed E-state index contributed by atoms with van der Waals surface area (Å²) in [7, 11) is 0. The first-order valence-electron chi connectivity index (χ1n) is 4.52. The quantitative estimate of drug-likeness (QED) is 0.669. The Balaban J connectivity index is 2.18. The zero-order chi connectivity index (χ0) is 10.1. The Labute approximate surface area is 92.4 Å². The lowest BCUT2D eigenvalue weighted by molar-refractivity contribution is 0.257. The molecule has 2 N–H and O–H groups in total. The number of thiophene rings is 1. The van der Waals surface area contributed by atoms with Crippen molar-refractivity contribution in [3.05, 3.63) is 15.8 Å². The number of hydrogen-bond acceptors (Lipinski definition) is 3. The van der Waals surface area contributed by atoms with Gasteiger partial charge in [-0.1, -0.05) is 12.8 Å². The van der Waals surface area contributed by atoms with Gasteiger partial charge < -0.3 is 5.32 Å². The number of anilines is 1. The molecule has 0 aliphatic heterocycles. The monoisotopic (exact) mass is 228 g/mol. The predicted octanol–water partition coefficient (Wildman–Crippen LogP) is 2.90. The molecule has 0 unspecified atom stereocenters. The van der Waals surface area contributed by atoms with Crippen molar-refractivity contribution in [1.82, 2.24) is 4.72 Å². The van der Waals surface area contributed by atoms with Crippen LogP contribution < -0.4 is 10.0 Å². The largest absolute Gasteiger partial charge is 0.329 e. The van der Waals surface area contributed by atoms with E-state index in [0.29, 0.717) is 5.92 Å². The second kappa shape index (κ2) is 3.82. The third kappa shape index (κ3) is 2.04. The van der Waals surface area contributed by atoms with E-state index in [9.17, 15) is 4.79 Å². The Bertz CT molecular complexity index is 358. The molecule has 1 saturated carbocycles. The molecule has 2 rings (SSSR count). The van der Waals surface area contributed by atoms with Crippen molar-refractivity contribution in [2.45, 2.75) is 25.7 Å². The van der Waals surface area contributed by atoms with Crippen LogP contribution in [0.4, 0.5) is 10.5 Å². The van der Waals surface area contributed by atoms with E-state index < -0.39 is 0 Å². The van der Waals surface area contributed by atoms with Crippen molar-refractivity contribution in [3.63, 3.8) is 0 Å². The summed E-state index contributed by atoms with van der Waals surface area (Å²) in [6.07, 6.45) is 2.49. The summed E-state index contributed by atoms with van der Waals surface area (Å²) in [5, 5.41) is 2.79. The van der Waals surface area contributed by atoms with Gasteiger partial charge in [-0.15, -0.1) is 11.3 Å². The molecular formula is C9H12N2OS2. The lowest BCUT2D eigenvalue weighted by Gasteiger charge is -2.03. The molecule has 0 aromatic carbocycles. The van der Waals surface area contributed by atoms with Gasteiger partial charge in [-0.25, -0.2) is 4.79 Å². The average molecular weight is 228 g/mol. The number of nitrogens with one attached hydrogen (secondary N) is 2. The van der Waals surface area contributed by atoms with Gasteiger partial charge in [0.15, 0.2) is 0 Å². The minimum absolute atomic E-state index is 0.270. The van der Waals surface area contributed by atoms with Gasteiger partial charge in [0.25, 0.3) is 0 Å². The third-order valence-corrected chi connectivity index (χ3v) is 3.60. The van der Waals surface area contributed by atoms with Crippen LogP contribution in [0.2, 0.25) is 0 Å². The van der Waals surface area contributed by atoms with Crippen molar-refractivity contribution in [2.75, 3.05) is 5.32 Å². The van der Waals surface area contributed by atoms with E-state index >= 15 is 0 Å². The lowest BCUT2D eigenvalue weighted by Crippen LogP contribution is -2.20. The normalized spacial score (nSPS) is 15.3. The minimum atomic E-state index is -0.270. The molecule has 14 heavy (non-hydrogen) atoms. The van der Waals surface area contributed by atoms with Crippen molar-refractivity contribution in [3.8, 4) is 0 Å². The van der Waals surface area contributed by atoms with Gasteiger partial charge in [-0.2, -0.15) is 0 Å². The zero-order valence-electron chi connectivity index (χ0n) is 7.83. The van der Waals surface area contributed by atoms with E-state index in [1.165, 1.54) is 22.6 Å². The van der Waals surface area contributed by atoms with Crippen molar-refractivity contribution in [1.29, 1.82) is 0 Å². The van der Waals surface area contributed by atoms with Crippen molar-refractivity contribution >= 4 is 35.9 Å². The molecule has 1 heterocycles. The zero-order valence-corrected chi connectivity index (χ0v) is 9.54. The highest BCUT2D eigenvalue weighted by Crippen LogP contribution is 2.47. The molecule has 0 saturated heterocycles. The van der Waals surface area contributed by atoms with Crippen LogP contribution in [-0.2, 0) is 0 Å². The maximum absolute atomic E-state index is 11.1. The van der Waals surface area contributed by atoms with Crippen LogP contribution in [0.5, 0.6) is 0 Å². The second-order valence-electron chi connectivity index (χ2n) is 3.48. The van der Waals surface area contributed by atoms with Crippen molar-refractivity contribution in [2.24, 2.45) is 0 Å². The molecule has 0 atom stereocenters. The molecule has 2 amide bonds.